The molecule has 4 heteroatoms. The Morgan fingerprint density at radius 2 is 2.00 bits per heavy atom. The number of fused-ring (bicyclic) bond motifs is 1. The second-order valence-corrected chi connectivity index (χ2v) is 6.20. The van der Waals surface area contributed by atoms with Gasteiger partial charge in [-0.1, -0.05) is 6.92 Å². The van der Waals surface area contributed by atoms with Crippen molar-refractivity contribution in [2.24, 2.45) is 11.8 Å². The molecule has 1 aromatic carbocycles. The Kier molecular flexibility index (Phi) is 3.04. The fraction of sp³-hybridized carbons (Fsp3) is 0.500. The van der Waals surface area contributed by atoms with Crippen molar-refractivity contribution >= 4 is 17.0 Å². The quantitative estimate of drug-likeness (QED) is 0.880. The van der Waals surface area contributed by atoms with Crippen LogP contribution < -0.4 is 0 Å². The molecule has 0 saturated heterocycles. The van der Waals surface area contributed by atoms with Crippen LogP contribution in [0.5, 0.6) is 0 Å². The van der Waals surface area contributed by atoms with E-state index in [1.54, 1.807) is 0 Å². The number of nitrogens with one attached hydrogen (secondary N) is 1. The van der Waals surface area contributed by atoms with Gasteiger partial charge in [0, 0.05) is 5.92 Å². The van der Waals surface area contributed by atoms with Gasteiger partial charge >= 0.3 is 5.97 Å². The number of aromatic amines is 1. The summed E-state index contributed by atoms with van der Waals surface area (Å²) in [5.74, 6) is 0.273. The lowest BCUT2D eigenvalue weighted by Gasteiger charge is -2.12. The molecule has 1 aliphatic rings. The molecule has 1 saturated carbocycles. The number of aliphatic carboxylic acids is 1. The van der Waals surface area contributed by atoms with E-state index < -0.39 is 5.97 Å². The van der Waals surface area contributed by atoms with Crippen molar-refractivity contribution in [2.75, 3.05) is 0 Å². The number of hydrogen-bond acceptors (Lipinski definition) is 2. The Hall–Kier alpha value is -1.84. The second kappa shape index (κ2) is 4.62. The predicted octanol–water partition coefficient (Wildman–Crippen LogP) is 3.39. The minimum absolute atomic E-state index is 0.00973. The highest BCUT2D eigenvalue weighted by atomic mass is 16.4. The maximum atomic E-state index is 11.4. The van der Waals surface area contributed by atoms with Crippen molar-refractivity contribution in [3.8, 4) is 0 Å². The number of imidazole rings is 1. The molecule has 3 atom stereocenters. The number of benzene rings is 1. The molecule has 1 aromatic heterocycles. The van der Waals surface area contributed by atoms with Crippen molar-refractivity contribution < 1.29 is 9.90 Å². The molecule has 4 nitrogen and oxygen atoms in total. The summed E-state index contributed by atoms with van der Waals surface area (Å²) < 4.78 is 0. The van der Waals surface area contributed by atoms with Crippen LogP contribution in [-0.4, -0.2) is 21.0 Å². The number of aryl methyl sites for hydroxylation is 2. The lowest BCUT2D eigenvalue weighted by atomic mass is 9.96. The van der Waals surface area contributed by atoms with Crippen molar-refractivity contribution in [3.05, 3.63) is 29.1 Å². The van der Waals surface area contributed by atoms with Gasteiger partial charge in [-0.05, 0) is 55.9 Å². The largest absolute Gasteiger partial charge is 0.481 e. The minimum atomic E-state index is -0.702. The number of rotatable bonds is 2. The molecule has 0 bridgehead atoms. The summed E-state index contributed by atoms with van der Waals surface area (Å²) in [5.41, 5.74) is 4.38. The molecule has 2 aromatic rings. The Balaban J connectivity index is 2.03. The summed E-state index contributed by atoms with van der Waals surface area (Å²) >= 11 is 0. The fourth-order valence-electron chi connectivity index (χ4n) is 3.33. The zero-order valence-electron chi connectivity index (χ0n) is 12.1. The van der Waals surface area contributed by atoms with E-state index in [2.05, 4.69) is 42.9 Å². The van der Waals surface area contributed by atoms with Crippen LogP contribution in [0.25, 0.3) is 11.0 Å². The number of carboxylic acid groups (broad SMARTS) is 1. The van der Waals surface area contributed by atoms with Gasteiger partial charge in [0.2, 0.25) is 0 Å². The second-order valence-electron chi connectivity index (χ2n) is 6.20. The number of carboxylic acids is 1. The molecule has 3 rings (SSSR count). The van der Waals surface area contributed by atoms with Crippen LogP contribution in [0, 0.1) is 25.7 Å². The highest BCUT2D eigenvalue weighted by Gasteiger charge is 2.39. The van der Waals surface area contributed by atoms with Gasteiger partial charge < -0.3 is 10.1 Å². The summed E-state index contributed by atoms with van der Waals surface area (Å²) in [4.78, 5) is 19.4. The van der Waals surface area contributed by atoms with Crippen LogP contribution in [0.4, 0.5) is 0 Å². The Morgan fingerprint density at radius 3 is 2.70 bits per heavy atom. The average molecular weight is 272 g/mol. The van der Waals surface area contributed by atoms with Gasteiger partial charge in [0.25, 0.3) is 0 Å². The molecule has 0 radical (unpaired) electrons. The molecular formula is C16H20N2O2. The van der Waals surface area contributed by atoms with Gasteiger partial charge in [0.05, 0.1) is 17.0 Å². The Morgan fingerprint density at radius 1 is 1.30 bits per heavy atom. The van der Waals surface area contributed by atoms with Crippen molar-refractivity contribution in [1.82, 2.24) is 9.97 Å². The minimum Gasteiger partial charge on any atom is -0.481 e. The zero-order chi connectivity index (χ0) is 14.4. The third-order valence-corrected chi connectivity index (χ3v) is 4.58. The van der Waals surface area contributed by atoms with Gasteiger partial charge in [0.1, 0.15) is 5.82 Å². The SMILES string of the molecule is Cc1cc2nc(C3CC(C)CC3C(=O)O)[nH]c2cc1C. The first-order valence-corrected chi connectivity index (χ1v) is 7.15. The first-order valence-electron chi connectivity index (χ1n) is 7.15. The number of hydrogen-bond donors (Lipinski definition) is 2. The lowest BCUT2D eigenvalue weighted by molar-refractivity contribution is -0.142. The average Bonchev–Trinajstić information content (AvgIpc) is 2.93. The summed E-state index contributed by atoms with van der Waals surface area (Å²) in [6, 6.07) is 4.16. The number of nitrogens with zero attached hydrogens (tertiary/aromatic N) is 1. The molecule has 106 valence electrons. The molecule has 20 heavy (non-hydrogen) atoms. The van der Waals surface area contributed by atoms with Crippen LogP contribution in [0.15, 0.2) is 12.1 Å². The zero-order valence-corrected chi connectivity index (χ0v) is 12.1. The van der Waals surface area contributed by atoms with E-state index in [0.717, 1.165) is 29.7 Å². The first kappa shape index (κ1) is 13.2. The van der Waals surface area contributed by atoms with Gasteiger partial charge in [-0.15, -0.1) is 0 Å². The van der Waals surface area contributed by atoms with Gasteiger partial charge in [-0.3, -0.25) is 4.79 Å². The van der Waals surface area contributed by atoms with Crippen LogP contribution in [0.1, 0.15) is 42.6 Å². The van der Waals surface area contributed by atoms with E-state index in [1.165, 1.54) is 11.1 Å². The first-order chi connectivity index (χ1) is 9.45. The molecule has 3 unspecified atom stereocenters. The maximum absolute atomic E-state index is 11.4. The van der Waals surface area contributed by atoms with E-state index in [1.807, 2.05) is 0 Å². The summed E-state index contributed by atoms with van der Waals surface area (Å²) in [6.07, 6.45) is 1.64. The summed E-state index contributed by atoms with van der Waals surface area (Å²) in [6.45, 7) is 6.26. The molecule has 0 amide bonds. The van der Waals surface area contributed by atoms with Crippen LogP contribution in [-0.2, 0) is 4.79 Å². The van der Waals surface area contributed by atoms with Crippen molar-refractivity contribution in [1.29, 1.82) is 0 Å². The molecule has 1 fully saturated rings. The normalized spacial score (nSPS) is 26.2. The fourth-order valence-corrected chi connectivity index (χ4v) is 3.33. The van der Waals surface area contributed by atoms with E-state index in [9.17, 15) is 9.90 Å². The van der Waals surface area contributed by atoms with E-state index >= 15 is 0 Å². The highest BCUT2D eigenvalue weighted by molar-refractivity contribution is 5.78. The molecule has 0 spiro atoms. The maximum Gasteiger partial charge on any atom is 0.307 e. The van der Waals surface area contributed by atoms with Crippen molar-refractivity contribution in [2.45, 2.75) is 39.5 Å². The number of H-pyrrole nitrogens is 1. The molecular weight excluding hydrogens is 252 g/mol. The summed E-state index contributed by atoms with van der Waals surface area (Å²) in [7, 11) is 0. The van der Waals surface area contributed by atoms with Gasteiger partial charge in [0.15, 0.2) is 0 Å². The van der Waals surface area contributed by atoms with Gasteiger partial charge in [-0.25, -0.2) is 4.98 Å². The van der Waals surface area contributed by atoms with Crippen LogP contribution >= 0.6 is 0 Å². The van der Waals surface area contributed by atoms with Crippen LogP contribution in [0.2, 0.25) is 0 Å². The van der Waals surface area contributed by atoms with E-state index in [0.29, 0.717) is 5.92 Å². The number of aromatic nitrogens is 2. The van der Waals surface area contributed by atoms with E-state index in [4.69, 9.17) is 0 Å². The van der Waals surface area contributed by atoms with Crippen LogP contribution in [0.3, 0.4) is 0 Å². The molecule has 0 aliphatic heterocycles. The highest BCUT2D eigenvalue weighted by Crippen LogP contribution is 2.42. The third kappa shape index (κ3) is 2.09. The Bertz CT molecular complexity index is 635. The topological polar surface area (TPSA) is 66.0 Å². The standard InChI is InChI=1S/C16H20N2O2/c1-8-4-11(12(5-8)16(19)20)15-17-13-6-9(2)10(3)7-14(13)18-15/h6-8,11-12H,4-5H2,1-3H3,(H,17,18)(H,19,20). The monoisotopic (exact) mass is 272 g/mol. The molecule has 2 N–H and O–H groups in total. The predicted molar refractivity (Wildman–Crippen MR) is 77.8 cm³/mol. The lowest BCUT2D eigenvalue weighted by Crippen LogP contribution is -2.17. The smallest absolute Gasteiger partial charge is 0.307 e. The van der Waals surface area contributed by atoms with Crippen molar-refractivity contribution in [3.63, 3.8) is 0 Å². The molecule has 1 aliphatic carbocycles. The summed E-state index contributed by atoms with van der Waals surface area (Å²) in [5, 5.41) is 9.38. The van der Waals surface area contributed by atoms with Gasteiger partial charge in [-0.2, -0.15) is 0 Å². The van der Waals surface area contributed by atoms with E-state index in [-0.39, 0.29) is 11.8 Å². The Labute approximate surface area is 118 Å². The number of carbonyl (C=O) groups is 1. The third-order valence-electron chi connectivity index (χ3n) is 4.58. The molecule has 1 heterocycles.